The van der Waals surface area contributed by atoms with Crippen molar-refractivity contribution in [2.45, 2.75) is 25.1 Å². The van der Waals surface area contributed by atoms with Gasteiger partial charge in [0.25, 0.3) is 0 Å². The van der Waals surface area contributed by atoms with Gasteiger partial charge in [-0.15, -0.1) is 13.2 Å². The van der Waals surface area contributed by atoms with E-state index in [9.17, 15) is 31.4 Å². The van der Waals surface area contributed by atoms with Gasteiger partial charge in [-0.3, -0.25) is 0 Å². The average molecular weight is 365 g/mol. The van der Waals surface area contributed by atoms with E-state index < -0.39 is 35.0 Å². The first-order valence-electron chi connectivity index (χ1n) is 6.86. The molecule has 0 aromatic heterocycles. The van der Waals surface area contributed by atoms with E-state index in [0.717, 1.165) is 24.3 Å². The van der Waals surface area contributed by atoms with Crippen LogP contribution in [0.2, 0.25) is 0 Å². The summed E-state index contributed by atoms with van der Waals surface area (Å²) >= 11 is 0. The molecule has 1 unspecified atom stereocenters. The lowest BCUT2D eigenvalue weighted by Crippen LogP contribution is -2.43. The topological polar surface area (TPSA) is 55.5 Å². The molecule has 9 heteroatoms. The Labute approximate surface area is 138 Å². The van der Waals surface area contributed by atoms with Crippen LogP contribution in [0.1, 0.15) is 16.7 Å². The molecule has 2 aromatic carbocycles. The molecule has 0 aliphatic rings. The summed E-state index contributed by atoms with van der Waals surface area (Å²) in [7, 11) is 0. The predicted octanol–water partition coefficient (Wildman–Crippen LogP) is 4.27. The van der Waals surface area contributed by atoms with E-state index in [-0.39, 0.29) is 5.69 Å². The SMILES string of the molecule is Cc1cc(C(O)(c2ccc(OC(F)(F)F)cc2)C(F)(F)F)ccc1N. The highest BCUT2D eigenvalue weighted by Gasteiger charge is 2.56. The monoisotopic (exact) mass is 365 g/mol. The lowest BCUT2D eigenvalue weighted by Gasteiger charge is -2.32. The fourth-order valence-electron chi connectivity index (χ4n) is 2.29. The number of alkyl halides is 6. The van der Waals surface area contributed by atoms with Crippen LogP contribution in [0.4, 0.5) is 32.0 Å². The van der Waals surface area contributed by atoms with E-state index in [2.05, 4.69) is 4.74 Å². The van der Waals surface area contributed by atoms with Crippen LogP contribution in [0, 0.1) is 6.92 Å². The van der Waals surface area contributed by atoms with Gasteiger partial charge in [-0.05, 0) is 41.8 Å². The number of anilines is 1. The zero-order chi connectivity index (χ0) is 19.0. The normalized spacial score (nSPS) is 14.9. The molecule has 0 amide bonds. The molecule has 0 heterocycles. The summed E-state index contributed by atoms with van der Waals surface area (Å²) in [5.74, 6) is -0.700. The van der Waals surface area contributed by atoms with Crippen molar-refractivity contribution in [1.29, 1.82) is 0 Å². The summed E-state index contributed by atoms with van der Waals surface area (Å²) in [5.41, 5.74) is 1.56. The third-order valence-corrected chi connectivity index (χ3v) is 3.60. The quantitative estimate of drug-likeness (QED) is 0.631. The predicted molar refractivity (Wildman–Crippen MR) is 77.8 cm³/mol. The summed E-state index contributed by atoms with van der Waals surface area (Å²) in [6.45, 7) is 1.47. The molecule has 0 saturated heterocycles. The first-order chi connectivity index (χ1) is 11.3. The molecule has 0 aliphatic carbocycles. The lowest BCUT2D eigenvalue weighted by atomic mass is 9.84. The van der Waals surface area contributed by atoms with Crippen LogP contribution in [0.5, 0.6) is 5.75 Å². The molecule has 3 N–H and O–H groups in total. The van der Waals surface area contributed by atoms with Crippen LogP contribution in [-0.2, 0) is 5.60 Å². The summed E-state index contributed by atoms with van der Waals surface area (Å²) in [5, 5.41) is 10.4. The fourth-order valence-corrected chi connectivity index (χ4v) is 2.29. The van der Waals surface area contributed by atoms with Crippen LogP contribution < -0.4 is 10.5 Å². The number of aliphatic hydroxyl groups is 1. The first kappa shape index (κ1) is 18.9. The molecule has 0 aliphatic heterocycles. The third kappa shape index (κ3) is 3.81. The van der Waals surface area contributed by atoms with Gasteiger partial charge >= 0.3 is 12.5 Å². The molecule has 1 atom stereocenters. The van der Waals surface area contributed by atoms with Crippen LogP contribution >= 0.6 is 0 Å². The van der Waals surface area contributed by atoms with Crippen LogP contribution in [0.25, 0.3) is 0 Å². The highest BCUT2D eigenvalue weighted by Crippen LogP contribution is 2.45. The van der Waals surface area contributed by atoms with Gasteiger partial charge in [0.1, 0.15) is 5.75 Å². The van der Waals surface area contributed by atoms with Crippen molar-refractivity contribution in [3.63, 3.8) is 0 Å². The van der Waals surface area contributed by atoms with E-state index >= 15 is 0 Å². The largest absolute Gasteiger partial charge is 0.573 e. The minimum absolute atomic E-state index is 0.238. The van der Waals surface area contributed by atoms with E-state index in [1.165, 1.54) is 13.0 Å². The van der Waals surface area contributed by atoms with E-state index in [1.807, 2.05) is 0 Å². The van der Waals surface area contributed by atoms with Crippen LogP contribution in [0.15, 0.2) is 42.5 Å². The Bertz CT molecular complexity index is 755. The molecule has 0 bridgehead atoms. The average Bonchev–Trinajstić information content (AvgIpc) is 2.47. The van der Waals surface area contributed by atoms with Crippen LogP contribution in [0.3, 0.4) is 0 Å². The number of nitrogen functional groups attached to an aromatic ring is 1. The van der Waals surface area contributed by atoms with Gasteiger partial charge in [0.05, 0.1) is 0 Å². The molecule has 3 nitrogen and oxygen atoms in total. The van der Waals surface area contributed by atoms with Crippen molar-refractivity contribution in [1.82, 2.24) is 0 Å². The summed E-state index contributed by atoms with van der Waals surface area (Å²) < 4.78 is 80.8. The molecule has 0 radical (unpaired) electrons. The van der Waals surface area contributed by atoms with E-state index in [4.69, 9.17) is 5.73 Å². The smallest absolute Gasteiger partial charge is 0.406 e. The van der Waals surface area contributed by atoms with E-state index in [0.29, 0.717) is 17.7 Å². The zero-order valence-corrected chi connectivity index (χ0v) is 12.7. The molecule has 0 saturated carbocycles. The van der Waals surface area contributed by atoms with Gasteiger partial charge < -0.3 is 15.6 Å². The number of hydrogen-bond acceptors (Lipinski definition) is 3. The number of ether oxygens (including phenoxy) is 1. The minimum atomic E-state index is -5.12. The maximum absolute atomic E-state index is 13.6. The van der Waals surface area contributed by atoms with Crippen molar-refractivity contribution in [2.75, 3.05) is 5.73 Å². The zero-order valence-electron chi connectivity index (χ0n) is 12.7. The van der Waals surface area contributed by atoms with Crippen molar-refractivity contribution >= 4 is 5.69 Å². The highest BCUT2D eigenvalue weighted by molar-refractivity contribution is 5.51. The van der Waals surface area contributed by atoms with Crippen molar-refractivity contribution in [3.05, 3.63) is 59.2 Å². The Kier molecular flexibility index (Phi) is 4.65. The fraction of sp³-hybridized carbons (Fsp3) is 0.250. The molecule has 2 aromatic rings. The highest BCUT2D eigenvalue weighted by atomic mass is 19.4. The first-order valence-corrected chi connectivity index (χ1v) is 6.86. The third-order valence-electron chi connectivity index (χ3n) is 3.60. The number of hydrogen-bond donors (Lipinski definition) is 2. The number of benzene rings is 2. The van der Waals surface area contributed by atoms with E-state index in [1.54, 1.807) is 0 Å². The molecular formula is C16H13F6NO2. The Morgan fingerprint density at radius 1 is 0.880 bits per heavy atom. The maximum Gasteiger partial charge on any atom is 0.573 e. The standard InChI is InChI=1S/C16H13F6NO2/c1-9-8-11(4-7-13(9)23)14(24,15(17,18)19)10-2-5-12(6-3-10)25-16(20,21)22/h2-8,24H,23H2,1H3. The van der Waals surface area contributed by atoms with Crippen LogP contribution in [-0.4, -0.2) is 17.6 Å². The van der Waals surface area contributed by atoms with Gasteiger partial charge in [0.15, 0.2) is 0 Å². The minimum Gasteiger partial charge on any atom is -0.406 e. The van der Waals surface area contributed by atoms with Crippen molar-refractivity contribution < 1.29 is 36.2 Å². The second-order valence-electron chi connectivity index (χ2n) is 5.35. The van der Waals surface area contributed by atoms with Gasteiger partial charge in [-0.25, -0.2) is 0 Å². The Balaban J connectivity index is 2.53. The van der Waals surface area contributed by atoms with Crippen molar-refractivity contribution in [3.8, 4) is 5.75 Å². The van der Waals surface area contributed by atoms with Gasteiger partial charge in [0.2, 0.25) is 5.60 Å². The second-order valence-corrected chi connectivity index (χ2v) is 5.35. The Morgan fingerprint density at radius 2 is 1.40 bits per heavy atom. The summed E-state index contributed by atoms with van der Waals surface area (Å²) in [4.78, 5) is 0. The Hall–Kier alpha value is -2.42. The molecule has 0 spiro atoms. The second kappa shape index (κ2) is 6.14. The number of halogens is 6. The summed E-state index contributed by atoms with van der Waals surface area (Å²) in [6.07, 6.45) is -10.1. The summed E-state index contributed by atoms with van der Waals surface area (Å²) in [6, 6.07) is 6.13. The Morgan fingerprint density at radius 3 is 1.84 bits per heavy atom. The number of nitrogens with two attached hydrogens (primary N) is 1. The molecule has 25 heavy (non-hydrogen) atoms. The number of aryl methyl sites for hydroxylation is 1. The van der Waals surface area contributed by atoms with Crippen molar-refractivity contribution in [2.24, 2.45) is 0 Å². The lowest BCUT2D eigenvalue weighted by molar-refractivity contribution is -0.274. The molecule has 136 valence electrons. The molecular weight excluding hydrogens is 352 g/mol. The molecule has 2 rings (SSSR count). The maximum atomic E-state index is 13.6. The van der Waals surface area contributed by atoms with Gasteiger partial charge in [0, 0.05) is 5.69 Å². The van der Waals surface area contributed by atoms with Gasteiger partial charge in [-0.2, -0.15) is 13.2 Å². The number of rotatable bonds is 3. The van der Waals surface area contributed by atoms with Gasteiger partial charge in [-0.1, -0.05) is 24.3 Å². The molecule has 0 fully saturated rings.